The zero-order chi connectivity index (χ0) is 29.6. The first-order chi connectivity index (χ1) is 20.3. The summed E-state index contributed by atoms with van der Waals surface area (Å²) in [5.41, 5.74) is 1.17. The van der Waals surface area contributed by atoms with Crippen LogP contribution in [0.1, 0.15) is 40.7 Å². The number of carbonyl (C=O) groups excluding carboxylic acids is 2. The molecule has 2 heterocycles. The van der Waals surface area contributed by atoms with Gasteiger partial charge < -0.3 is 9.64 Å². The van der Waals surface area contributed by atoms with Crippen molar-refractivity contribution in [3.05, 3.63) is 112 Å². The Morgan fingerprint density at radius 1 is 0.738 bits per heavy atom. The number of rotatable bonds is 7. The minimum atomic E-state index is -1.07. The number of amides is 1. The number of piperidine rings is 2. The van der Waals surface area contributed by atoms with E-state index >= 15 is 0 Å². The molecule has 0 radical (unpaired) electrons. The number of likely N-dealkylation sites (tertiary alicyclic amines) is 2. The first-order valence-corrected chi connectivity index (χ1v) is 13.9. The Kier molecular flexibility index (Phi) is 9.17. The van der Waals surface area contributed by atoms with E-state index in [2.05, 4.69) is 4.90 Å². The fourth-order valence-electron chi connectivity index (χ4n) is 5.14. The van der Waals surface area contributed by atoms with Crippen molar-refractivity contribution < 1.29 is 31.9 Å². The van der Waals surface area contributed by atoms with E-state index in [1.165, 1.54) is 48.4 Å². The Morgan fingerprint density at radius 2 is 1.29 bits per heavy atom. The summed E-state index contributed by atoms with van der Waals surface area (Å²) in [4.78, 5) is 30.7. The molecule has 9 heteroatoms. The molecule has 0 atom stereocenters. The summed E-state index contributed by atoms with van der Waals surface area (Å²) >= 11 is 0. The predicted molar refractivity (Wildman–Crippen MR) is 152 cm³/mol. The third kappa shape index (κ3) is 7.15. The summed E-state index contributed by atoms with van der Waals surface area (Å²) in [6, 6.07) is 13.2. The van der Waals surface area contributed by atoms with Crippen molar-refractivity contribution in [2.24, 2.45) is 0 Å². The lowest BCUT2D eigenvalue weighted by Gasteiger charge is -2.30. The van der Waals surface area contributed by atoms with Gasteiger partial charge in [0.25, 0.3) is 5.91 Å². The van der Waals surface area contributed by atoms with Crippen LogP contribution in [-0.4, -0.2) is 60.8 Å². The van der Waals surface area contributed by atoms with Gasteiger partial charge in [0.1, 0.15) is 12.4 Å². The third-order valence-electron chi connectivity index (χ3n) is 7.39. The highest BCUT2D eigenvalue weighted by atomic mass is 19.2. The number of nitrogens with zero attached hydrogens (tertiary/aromatic N) is 2. The van der Waals surface area contributed by atoms with Crippen LogP contribution in [0.15, 0.2) is 71.8 Å². The van der Waals surface area contributed by atoms with Crippen molar-refractivity contribution in [1.82, 2.24) is 9.80 Å². The van der Waals surface area contributed by atoms with Crippen molar-refractivity contribution >= 4 is 23.8 Å². The summed E-state index contributed by atoms with van der Waals surface area (Å²) in [5, 5.41) is 0. The molecule has 2 aliphatic rings. The highest BCUT2D eigenvalue weighted by Crippen LogP contribution is 2.25. The van der Waals surface area contributed by atoms with Gasteiger partial charge in [-0.25, -0.2) is 17.6 Å². The number of ketones is 1. The number of hydrogen-bond donors (Lipinski definition) is 0. The second-order valence-electron chi connectivity index (χ2n) is 10.5. The molecule has 2 aliphatic heterocycles. The molecule has 5 rings (SSSR count). The van der Waals surface area contributed by atoms with Crippen LogP contribution in [0.25, 0.3) is 12.2 Å². The highest BCUT2D eigenvalue weighted by Gasteiger charge is 2.30. The molecule has 0 unspecified atom stereocenters. The maximum Gasteiger partial charge on any atom is 0.254 e. The van der Waals surface area contributed by atoms with Gasteiger partial charge in [-0.05, 0) is 97.7 Å². The molecule has 0 spiro atoms. The Labute approximate surface area is 241 Å². The summed E-state index contributed by atoms with van der Waals surface area (Å²) in [6.45, 7) is 3.36. The zero-order valence-electron chi connectivity index (χ0n) is 22.9. The Hall–Kier alpha value is -4.24. The summed E-state index contributed by atoms with van der Waals surface area (Å²) in [5.74, 6) is -4.37. The van der Waals surface area contributed by atoms with Gasteiger partial charge in [0.05, 0.1) is 13.1 Å². The quantitative estimate of drug-likeness (QED) is 0.244. The highest BCUT2D eigenvalue weighted by molar-refractivity contribution is 6.15. The first kappa shape index (κ1) is 29.3. The maximum atomic E-state index is 13.9. The Morgan fingerprint density at radius 3 is 1.81 bits per heavy atom. The fraction of sp³-hybridized carbons (Fsp3) is 0.273. The third-order valence-corrected chi connectivity index (χ3v) is 7.39. The van der Waals surface area contributed by atoms with E-state index < -0.39 is 29.1 Å². The minimum absolute atomic E-state index is 0.0835. The van der Waals surface area contributed by atoms with Gasteiger partial charge in [0.15, 0.2) is 29.1 Å². The van der Waals surface area contributed by atoms with Gasteiger partial charge in [0.2, 0.25) is 0 Å². The second-order valence-corrected chi connectivity index (χ2v) is 10.5. The number of ether oxygens (including phenoxy) is 1. The molecule has 0 N–H and O–H groups in total. The van der Waals surface area contributed by atoms with Crippen LogP contribution in [0.3, 0.4) is 0 Å². The van der Waals surface area contributed by atoms with Gasteiger partial charge in [-0.15, -0.1) is 0 Å². The van der Waals surface area contributed by atoms with E-state index in [4.69, 9.17) is 4.74 Å². The van der Waals surface area contributed by atoms with E-state index in [0.29, 0.717) is 17.9 Å². The van der Waals surface area contributed by atoms with Crippen LogP contribution in [0.2, 0.25) is 0 Å². The molecule has 0 bridgehead atoms. The van der Waals surface area contributed by atoms with Gasteiger partial charge in [0, 0.05) is 23.3 Å². The van der Waals surface area contributed by atoms with Crippen LogP contribution in [-0.2, 0) is 4.79 Å². The first-order valence-electron chi connectivity index (χ1n) is 13.9. The van der Waals surface area contributed by atoms with Gasteiger partial charge in [-0.2, -0.15) is 0 Å². The number of carbonyl (C=O) groups is 2. The lowest BCUT2D eigenvalue weighted by atomic mass is 9.93. The monoisotopic (exact) mass is 578 g/mol. The largest absolute Gasteiger partial charge is 0.492 e. The fourth-order valence-corrected chi connectivity index (χ4v) is 5.14. The second kappa shape index (κ2) is 13.2. The van der Waals surface area contributed by atoms with Crippen molar-refractivity contribution in [2.45, 2.75) is 19.3 Å². The van der Waals surface area contributed by atoms with Gasteiger partial charge in [-0.1, -0.05) is 18.6 Å². The molecule has 2 fully saturated rings. The summed E-state index contributed by atoms with van der Waals surface area (Å²) in [6.07, 6.45) is 6.45. The predicted octanol–water partition coefficient (Wildman–Crippen LogP) is 6.30. The van der Waals surface area contributed by atoms with Crippen molar-refractivity contribution in [1.29, 1.82) is 0 Å². The molecule has 3 aromatic carbocycles. The molecular formula is C33H30F4N2O3. The number of halogens is 4. The molecule has 0 saturated carbocycles. The van der Waals surface area contributed by atoms with E-state index in [1.54, 1.807) is 24.3 Å². The molecule has 2 saturated heterocycles. The molecule has 1 amide bonds. The topological polar surface area (TPSA) is 49.9 Å². The van der Waals surface area contributed by atoms with Crippen LogP contribution >= 0.6 is 0 Å². The molecule has 218 valence electrons. The summed E-state index contributed by atoms with van der Waals surface area (Å²) < 4.78 is 60.5. The maximum absolute atomic E-state index is 13.9. The van der Waals surface area contributed by atoms with Crippen LogP contribution < -0.4 is 4.74 Å². The number of benzene rings is 3. The SMILES string of the molecule is O=C1/C(=C/c2ccc(F)c(F)c2)CN(C(=O)c2ccc(OCCN3CCCCC3)cc2)C/C1=C\c1ccc(F)c(F)c1. The van der Waals surface area contributed by atoms with E-state index in [9.17, 15) is 27.2 Å². The lowest BCUT2D eigenvalue weighted by molar-refractivity contribution is -0.113. The molecule has 5 nitrogen and oxygen atoms in total. The number of hydrogen-bond acceptors (Lipinski definition) is 4. The lowest BCUT2D eigenvalue weighted by Crippen LogP contribution is -2.41. The standard InChI is InChI=1S/C33H30F4N2O3/c34-28-10-4-22(18-30(28)36)16-25-20-39(21-26(32(25)40)17-23-5-11-29(35)31(37)19-23)33(41)24-6-8-27(9-7-24)42-15-14-38-12-2-1-3-13-38/h4-11,16-19H,1-3,12-15,20-21H2/b25-16+,26-17+. The van der Waals surface area contributed by atoms with Crippen molar-refractivity contribution in [3.8, 4) is 5.75 Å². The smallest absolute Gasteiger partial charge is 0.254 e. The average molecular weight is 579 g/mol. The molecule has 0 aliphatic carbocycles. The van der Waals surface area contributed by atoms with Crippen LogP contribution in [0.5, 0.6) is 5.75 Å². The molecular weight excluding hydrogens is 548 g/mol. The van der Waals surface area contributed by atoms with Crippen LogP contribution in [0, 0.1) is 23.3 Å². The van der Waals surface area contributed by atoms with E-state index in [-0.39, 0.29) is 41.3 Å². The Balaban J connectivity index is 1.36. The van der Waals surface area contributed by atoms with Gasteiger partial charge in [-0.3, -0.25) is 14.5 Å². The zero-order valence-corrected chi connectivity index (χ0v) is 22.9. The van der Waals surface area contributed by atoms with Crippen molar-refractivity contribution in [3.63, 3.8) is 0 Å². The van der Waals surface area contributed by atoms with Crippen molar-refractivity contribution in [2.75, 3.05) is 39.3 Å². The normalized spacial score (nSPS) is 18.1. The average Bonchev–Trinajstić information content (AvgIpc) is 2.99. The molecule has 0 aromatic heterocycles. The molecule has 42 heavy (non-hydrogen) atoms. The molecule has 3 aromatic rings. The van der Waals surface area contributed by atoms with E-state index in [0.717, 1.165) is 43.9 Å². The minimum Gasteiger partial charge on any atom is -0.492 e. The van der Waals surface area contributed by atoms with Crippen LogP contribution in [0.4, 0.5) is 17.6 Å². The van der Waals surface area contributed by atoms with E-state index in [1.807, 2.05) is 0 Å². The van der Waals surface area contributed by atoms with Gasteiger partial charge >= 0.3 is 0 Å². The summed E-state index contributed by atoms with van der Waals surface area (Å²) in [7, 11) is 0. The Bertz CT molecular complexity index is 1460. The number of Topliss-reactive ketones (excluding diaryl/α,β-unsaturated/α-hetero) is 1.